The zero-order chi connectivity index (χ0) is 46.6. The Bertz CT molecular complexity index is 1690. The molecule has 0 bridgehead atoms. The molecule has 4 fully saturated rings. The van der Waals surface area contributed by atoms with E-state index in [0.29, 0.717) is 9.79 Å². The summed E-state index contributed by atoms with van der Waals surface area (Å²) in [6.45, 7) is -2.90. The van der Waals surface area contributed by atoms with Gasteiger partial charge in [0.05, 0.1) is 26.4 Å². The standard InChI is InChI=1S/C38H52N2O22S2/c41-9-17-21(45)23(47)27(51)35(57-17)61-31-19(11-43)59-37(29(53)25(31)49)63-15-5-1-13(2-6-15)39-33(55)34(56)40-14-3-7-16(8-4-14)64-38-30(54)26(50)32(20(12-44)60-38)62-36-28(52)24(48)22(46)18(10-42)58-36/h1-8,17-32,35-38,41-54H,9-12H2,(H,39,55)(H,40,56)/t17-,18-,19-,20-,21-,22-,23+,24+,25-,26-,27-,28-,29-,30-,31-,32-,35-,36-,37+,38+/m1/s1. The van der Waals surface area contributed by atoms with E-state index >= 15 is 0 Å². The van der Waals surface area contributed by atoms with Crippen molar-refractivity contribution in [1.29, 1.82) is 0 Å². The maximum absolute atomic E-state index is 12.8. The molecule has 0 saturated carbocycles. The highest BCUT2D eigenvalue weighted by Gasteiger charge is 2.52. The van der Waals surface area contributed by atoms with Gasteiger partial charge >= 0.3 is 11.8 Å². The molecule has 20 atom stereocenters. The number of aliphatic hydroxyl groups excluding tert-OH is 14. The van der Waals surface area contributed by atoms with Crippen molar-refractivity contribution < 1.29 is 110 Å². The van der Waals surface area contributed by atoms with Crippen LogP contribution in [0.4, 0.5) is 11.4 Å². The van der Waals surface area contributed by atoms with Crippen molar-refractivity contribution in [1.82, 2.24) is 0 Å². The summed E-state index contributed by atoms with van der Waals surface area (Å²) in [5, 5.41) is 148. The van der Waals surface area contributed by atoms with Crippen LogP contribution in [0.3, 0.4) is 0 Å². The molecule has 4 saturated heterocycles. The summed E-state index contributed by atoms with van der Waals surface area (Å²) in [4.78, 5) is 26.4. The van der Waals surface area contributed by atoms with Gasteiger partial charge in [-0.15, -0.1) is 0 Å². The van der Waals surface area contributed by atoms with Crippen LogP contribution in [0.5, 0.6) is 0 Å². The number of aliphatic hydroxyl groups is 14. The first-order valence-corrected chi connectivity index (χ1v) is 21.6. The zero-order valence-electron chi connectivity index (χ0n) is 33.3. The monoisotopic (exact) mass is 952 g/mol. The molecule has 6 rings (SSSR count). The smallest absolute Gasteiger partial charge is 0.314 e. The fourth-order valence-corrected chi connectivity index (χ4v) is 9.30. The van der Waals surface area contributed by atoms with Gasteiger partial charge in [0.1, 0.15) is 109 Å². The van der Waals surface area contributed by atoms with E-state index in [1.165, 1.54) is 48.5 Å². The Balaban J connectivity index is 0.971. The molecule has 0 radical (unpaired) electrons. The summed E-state index contributed by atoms with van der Waals surface area (Å²) in [5.41, 5.74) is -1.92. The summed E-state index contributed by atoms with van der Waals surface area (Å²) in [6.07, 6.45) is -28.6. The molecular formula is C38H52N2O22S2. The number of benzene rings is 2. The van der Waals surface area contributed by atoms with Gasteiger partial charge < -0.3 is 111 Å². The Morgan fingerprint density at radius 3 is 1.08 bits per heavy atom. The molecule has 0 aliphatic carbocycles. The van der Waals surface area contributed by atoms with Crippen molar-refractivity contribution in [3.8, 4) is 0 Å². The number of carbonyl (C=O) groups is 2. The molecule has 4 aliphatic rings. The molecule has 358 valence electrons. The van der Waals surface area contributed by atoms with E-state index in [1.807, 2.05) is 0 Å². The molecule has 26 heteroatoms. The van der Waals surface area contributed by atoms with E-state index in [1.54, 1.807) is 0 Å². The van der Waals surface area contributed by atoms with Crippen LogP contribution in [0.15, 0.2) is 58.3 Å². The summed E-state index contributed by atoms with van der Waals surface area (Å²) >= 11 is 1.88. The predicted octanol–water partition coefficient (Wildman–Crippen LogP) is -6.30. The minimum atomic E-state index is -1.81. The lowest BCUT2D eigenvalue weighted by atomic mass is 9.97. The maximum Gasteiger partial charge on any atom is 0.314 e. The fraction of sp³-hybridized carbons (Fsp3) is 0.632. The number of hydrogen-bond acceptors (Lipinski definition) is 24. The lowest BCUT2D eigenvalue weighted by Crippen LogP contribution is -2.64. The van der Waals surface area contributed by atoms with Gasteiger partial charge in [-0.05, 0) is 48.5 Å². The Morgan fingerprint density at radius 2 is 0.766 bits per heavy atom. The van der Waals surface area contributed by atoms with Gasteiger partial charge in [0, 0.05) is 21.2 Å². The Labute approximate surface area is 371 Å². The van der Waals surface area contributed by atoms with Gasteiger partial charge in [-0.3, -0.25) is 9.59 Å². The third-order valence-corrected chi connectivity index (χ3v) is 13.2. The molecule has 2 aromatic rings. The van der Waals surface area contributed by atoms with Gasteiger partial charge in [0.25, 0.3) is 0 Å². The first kappa shape index (κ1) is 50.7. The van der Waals surface area contributed by atoms with E-state index in [2.05, 4.69) is 10.6 Å². The Morgan fingerprint density at radius 1 is 0.438 bits per heavy atom. The van der Waals surface area contributed by atoms with Crippen molar-refractivity contribution in [2.75, 3.05) is 37.1 Å². The molecule has 4 heterocycles. The zero-order valence-corrected chi connectivity index (χ0v) is 35.0. The number of anilines is 2. The Kier molecular flexibility index (Phi) is 17.7. The highest BCUT2D eigenvalue weighted by atomic mass is 32.2. The quantitative estimate of drug-likeness (QED) is 0.0783. The molecule has 16 N–H and O–H groups in total. The van der Waals surface area contributed by atoms with Crippen LogP contribution in [-0.4, -0.2) is 231 Å². The average Bonchev–Trinajstić information content (AvgIpc) is 3.29. The summed E-state index contributed by atoms with van der Waals surface area (Å²) in [7, 11) is 0. The van der Waals surface area contributed by atoms with Crippen molar-refractivity contribution >= 4 is 46.7 Å². The van der Waals surface area contributed by atoms with Crippen LogP contribution in [0.25, 0.3) is 0 Å². The highest BCUT2D eigenvalue weighted by molar-refractivity contribution is 8.00. The summed E-state index contributed by atoms with van der Waals surface area (Å²) in [6, 6.07) is 11.9. The molecule has 64 heavy (non-hydrogen) atoms. The lowest BCUT2D eigenvalue weighted by molar-refractivity contribution is -0.338. The lowest BCUT2D eigenvalue weighted by Gasteiger charge is -2.46. The second-order valence-corrected chi connectivity index (χ2v) is 17.5. The van der Waals surface area contributed by atoms with Crippen molar-refractivity contribution in [3.05, 3.63) is 48.5 Å². The van der Waals surface area contributed by atoms with Crippen LogP contribution >= 0.6 is 23.5 Å². The third kappa shape index (κ3) is 11.3. The number of carbonyl (C=O) groups excluding carboxylic acids is 2. The molecular weight excluding hydrogens is 901 g/mol. The highest BCUT2D eigenvalue weighted by Crippen LogP contribution is 2.38. The predicted molar refractivity (Wildman–Crippen MR) is 215 cm³/mol. The Hall–Kier alpha value is -2.72. The topological polar surface area (TPSA) is 397 Å². The van der Waals surface area contributed by atoms with Crippen LogP contribution in [0.1, 0.15) is 0 Å². The van der Waals surface area contributed by atoms with E-state index in [0.717, 1.165) is 23.5 Å². The number of thioether (sulfide) groups is 2. The van der Waals surface area contributed by atoms with Gasteiger partial charge in [0.2, 0.25) is 0 Å². The van der Waals surface area contributed by atoms with Crippen LogP contribution in [0, 0.1) is 0 Å². The van der Waals surface area contributed by atoms with E-state index in [4.69, 9.17) is 28.4 Å². The van der Waals surface area contributed by atoms with E-state index < -0.39 is 159 Å². The normalized spacial score (nSPS) is 40.4. The number of amides is 2. The maximum atomic E-state index is 12.8. The summed E-state index contributed by atoms with van der Waals surface area (Å²) in [5.74, 6) is -2.07. The van der Waals surface area contributed by atoms with Gasteiger partial charge in [-0.2, -0.15) is 0 Å². The minimum Gasteiger partial charge on any atom is -0.394 e. The molecule has 2 aromatic carbocycles. The van der Waals surface area contributed by atoms with E-state index in [9.17, 15) is 81.1 Å². The number of hydrogen-bond donors (Lipinski definition) is 16. The van der Waals surface area contributed by atoms with Gasteiger partial charge in [-0.25, -0.2) is 0 Å². The van der Waals surface area contributed by atoms with E-state index in [-0.39, 0.29) is 11.4 Å². The van der Waals surface area contributed by atoms with Gasteiger partial charge in [-0.1, -0.05) is 23.5 Å². The van der Waals surface area contributed by atoms with Crippen LogP contribution < -0.4 is 10.6 Å². The molecule has 24 nitrogen and oxygen atoms in total. The average molecular weight is 953 g/mol. The van der Waals surface area contributed by atoms with Crippen LogP contribution in [0.2, 0.25) is 0 Å². The van der Waals surface area contributed by atoms with Crippen molar-refractivity contribution in [3.63, 3.8) is 0 Å². The second-order valence-electron chi connectivity index (χ2n) is 15.2. The minimum absolute atomic E-state index is 0.206. The molecule has 4 aliphatic heterocycles. The first-order chi connectivity index (χ1) is 30.5. The largest absolute Gasteiger partial charge is 0.394 e. The molecule has 0 spiro atoms. The van der Waals surface area contributed by atoms with Gasteiger partial charge in [0.15, 0.2) is 12.6 Å². The molecule has 2 amide bonds. The van der Waals surface area contributed by atoms with Crippen molar-refractivity contribution in [2.45, 2.75) is 131 Å². The number of rotatable bonds is 14. The summed E-state index contributed by atoms with van der Waals surface area (Å²) < 4.78 is 33.4. The SMILES string of the molecule is O=C(Nc1ccc(S[C@@H]2O[C@H](CO)[C@@H](O[C@H]3O[C@H](CO)[C@@H](O)[C@H](O)[C@H]3O)[C@H](O)[C@H]2O)cc1)C(=O)Nc1ccc(S[C@@H]2O[C@H](CO)[C@@H](O[C@H]3O[C@H](CO)[C@@H](O)[C@H](O)[C@H]3O)[C@H](O)[C@H]2O)cc1. The first-order valence-electron chi connectivity index (χ1n) is 19.8. The number of nitrogens with one attached hydrogen (secondary N) is 2. The van der Waals surface area contributed by atoms with Crippen LogP contribution in [-0.2, 0) is 38.0 Å². The number of ether oxygens (including phenoxy) is 6. The van der Waals surface area contributed by atoms with Crippen molar-refractivity contribution in [2.24, 2.45) is 0 Å². The second kappa shape index (κ2) is 22.4. The molecule has 0 aromatic heterocycles. The fourth-order valence-electron chi connectivity index (χ4n) is 7.18. The molecule has 0 unspecified atom stereocenters. The third-order valence-electron chi connectivity index (χ3n) is 10.9.